The number of nitrogens with zero attached hydrogens (tertiary/aromatic N) is 1. The Balaban J connectivity index is 2.22. The lowest BCUT2D eigenvalue weighted by molar-refractivity contribution is 0.0718. The average molecular weight is 223 g/mol. The van der Waals surface area contributed by atoms with Crippen LogP contribution in [0.4, 0.5) is 4.39 Å². The molecule has 3 nitrogen and oxygen atoms in total. The van der Waals surface area contributed by atoms with Crippen LogP contribution in [-0.4, -0.2) is 29.0 Å². The van der Waals surface area contributed by atoms with Crippen LogP contribution >= 0.6 is 0 Å². The molecule has 16 heavy (non-hydrogen) atoms. The summed E-state index contributed by atoms with van der Waals surface area (Å²) in [6.45, 7) is 1.35. The molecule has 0 aromatic heterocycles. The number of carbonyl (C=O) groups excluding carboxylic acids is 1. The summed E-state index contributed by atoms with van der Waals surface area (Å²) >= 11 is 0. The second kappa shape index (κ2) is 4.51. The highest BCUT2D eigenvalue weighted by molar-refractivity contribution is 5.95. The molecule has 2 rings (SSSR count). The Kier molecular flexibility index (Phi) is 3.08. The van der Waals surface area contributed by atoms with Crippen LogP contribution in [0.3, 0.4) is 0 Å². The largest absolute Gasteiger partial charge is 0.505 e. The molecule has 1 N–H and O–H groups in total. The molecule has 1 aromatic rings. The van der Waals surface area contributed by atoms with E-state index in [0.717, 1.165) is 19.3 Å². The highest BCUT2D eigenvalue weighted by Gasteiger charge is 2.22. The Bertz CT molecular complexity index is 400. The van der Waals surface area contributed by atoms with E-state index in [1.54, 1.807) is 4.90 Å². The lowest BCUT2D eigenvalue weighted by atomic mass is 10.1. The van der Waals surface area contributed by atoms with Gasteiger partial charge in [0.25, 0.3) is 5.91 Å². The Hall–Kier alpha value is -1.58. The summed E-state index contributed by atoms with van der Waals surface area (Å²) in [5, 5.41) is 9.20. The van der Waals surface area contributed by atoms with Gasteiger partial charge in [0.2, 0.25) is 0 Å². The quantitative estimate of drug-likeness (QED) is 0.792. The van der Waals surface area contributed by atoms with E-state index < -0.39 is 11.6 Å². The van der Waals surface area contributed by atoms with Crippen LogP contribution in [0.15, 0.2) is 18.2 Å². The van der Waals surface area contributed by atoms with E-state index in [0.29, 0.717) is 13.1 Å². The summed E-state index contributed by atoms with van der Waals surface area (Å²) < 4.78 is 13.5. The number of hydrogen-bond donors (Lipinski definition) is 1. The van der Waals surface area contributed by atoms with Crippen LogP contribution in [0.1, 0.15) is 29.6 Å². The number of amides is 1. The topological polar surface area (TPSA) is 40.5 Å². The van der Waals surface area contributed by atoms with Crippen molar-refractivity contribution in [3.8, 4) is 5.75 Å². The third-order valence-corrected chi connectivity index (χ3v) is 2.85. The van der Waals surface area contributed by atoms with Crippen molar-refractivity contribution in [1.29, 1.82) is 0 Å². The number of carbonyl (C=O) groups is 1. The third-order valence-electron chi connectivity index (χ3n) is 2.85. The maximum absolute atomic E-state index is 13.5. The maximum atomic E-state index is 13.5. The molecular weight excluding hydrogens is 209 g/mol. The van der Waals surface area contributed by atoms with Crippen LogP contribution in [0.2, 0.25) is 0 Å². The van der Waals surface area contributed by atoms with Crippen molar-refractivity contribution in [2.24, 2.45) is 0 Å². The van der Waals surface area contributed by atoms with E-state index in [-0.39, 0.29) is 11.5 Å². The van der Waals surface area contributed by atoms with Gasteiger partial charge in [-0.2, -0.15) is 0 Å². The highest BCUT2D eigenvalue weighted by Crippen LogP contribution is 2.21. The standard InChI is InChI=1S/C12H14FNO2/c13-11-9(5-4-6-10(11)15)12(16)14-7-2-1-3-8-14/h4-6,15H,1-3,7-8H2. The van der Waals surface area contributed by atoms with Crippen LogP contribution < -0.4 is 0 Å². The zero-order valence-electron chi connectivity index (χ0n) is 8.95. The number of halogens is 1. The van der Waals surface area contributed by atoms with Crippen molar-refractivity contribution in [3.63, 3.8) is 0 Å². The Morgan fingerprint density at radius 1 is 1.25 bits per heavy atom. The summed E-state index contributed by atoms with van der Waals surface area (Å²) in [7, 11) is 0. The first-order chi connectivity index (χ1) is 7.70. The molecule has 0 unspecified atom stereocenters. The fraction of sp³-hybridized carbons (Fsp3) is 0.417. The molecule has 1 fully saturated rings. The number of rotatable bonds is 1. The van der Waals surface area contributed by atoms with E-state index in [2.05, 4.69) is 0 Å². The van der Waals surface area contributed by atoms with Crippen LogP contribution in [0.25, 0.3) is 0 Å². The lowest BCUT2D eigenvalue weighted by Crippen LogP contribution is -2.36. The number of hydrogen-bond acceptors (Lipinski definition) is 2. The predicted molar refractivity (Wildman–Crippen MR) is 57.8 cm³/mol. The molecule has 1 heterocycles. The molecule has 86 valence electrons. The molecule has 0 spiro atoms. The van der Waals surface area contributed by atoms with Gasteiger partial charge < -0.3 is 10.0 Å². The molecule has 0 radical (unpaired) electrons. The fourth-order valence-electron chi connectivity index (χ4n) is 1.95. The zero-order valence-corrected chi connectivity index (χ0v) is 8.95. The summed E-state index contributed by atoms with van der Waals surface area (Å²) in [5.74, 6) is -1.62. The number of aromatic hydroxyl groups is 1. The van der Waals surface area contributed by atoms with E-state index in [1.165, 1.54) is 18.2 Å². The van der Waals surface area contributed by atoms with Crippen molar-refractivity contribution in [3.05, 3.63) is 29.6 Å². The first-order valence-corrected chi connectivity index (χ1v) is 5.47. The minimum atomic E-state index is -0.821. The van der Waals surface area contributed by atoms with Gasteiger partial charge in [-0.25, -0.2) is 4.39 Å². The summed E-state index contributed by atoms with van der Waals surface area (Å²) in [4.78, 5) is 13.6. The molecule has 1 amide bonds. The van der Waals surface area contributed by atoms with Crippen molar-refractivity contribution < 1.29 is 14.3 Å². The molecule has 0 saturated carbocycles. The molecule has 0 atom stereocenters. The molecule has 1 saturated heterocycles. The Morgan fingerprint density at radius 2 is 1.94 bits per heavy atom. The normalized spacial score (nSPS) is 16.2. The first-order valence-electron chi connectivity index (χ1n) is 5.47. The van der Waals surface area contributed by atoms with Crippen LogP contribution in [0, 0.1) is 5.82 Å². The maximum Gasteiger partial charge on any atom is 0.256 e. The SMILES string of the molecule is O=C(c1cccc(O)c1F)N1CCCCC1. The molecule has 0 aliphatic carbocycles. The number of benzene rings is 1. The molecule has 0 bridgehead atoms. The molecular formula is C12H14FNO2. The summed E-state index contributed by atoms with van der Waals surface area (Å²) in [5.41, 5.74) is -0.0399. The van der Waals surface area contributed by atoms with Gasteiger partial charge in [-0.05, 0) is 31.4 Å². The number of phenolic OH excluding ortho intramolecular Hbond substituents is 1. The number of piperidine rings is 1. The number of phenols is 1. The smallest absolute Gasteiger partial charge is 0.256 e. The van der Waals surface area contributed by atoms with Crippen LogP contribution in [0.5, 0.6) is 5.75 Å². The van der Waals surface area contributed by atoms with Crippen molar-refractivity contribution >= 4 is 5.91 Å². The summed E-state index contributed by atoms with van der Waals surface area (Å²) in [6, 6.07) is 4.13. The third kappa shape index (κ3) is 2.01. The monoisotopic (exact) mass is 223 g/mol. The van der Waals surface area contributed by atoms with E-state index in [1.807, 2.05) is 0 Å². The summed E-state index contributed by atoms with van der Waals surface area (Å²) in [6.07, 6.45) is 3.05. The van der Waals surface area contributed by atoms with Gasteiger partial charge >= 0.3 is 0 Å². The van der Waals surface area contributed by atoms with Crippen molar-refractivity contribution in [2.75, 3.05) is 13.1 Å². The van der Waals surface area contributed by atoms with Gasteiger partial charge in [-0.1, -0.05) is 6.07 Å². The Morgan fingerprint density at radius 3 is 2.62 bits per heavy atom. The van der Waals surface area contributed by atoms with Gasteiger partial charge in [0.1, 0.15) is 0 Å². The highest BCUT2D eigenvalue weighted by atomic mass is 19.1. The second-order valence-electron chi connectivity index (χ2n) is 3.99. The molecule has 1 aromatic carbocycles. The van der Waals surface area contributed by atoms with Crippen molar-refractivity contribution in [1.82, 2.24) is 4.90 Å². The van der Waals surface area contributed by atoms with E-state index >= 15 is 0 Å². The molecule has 4 heteroatoms. The average Bonchev–Trinajstić information content (AvgIpc) is 2.33. The number of likely N-dealkylation sites (tertiary alicyclic amines) is 1. The predicted octanol–water partition coefficient (Wildman–Crippen LogP) is 2.16. The minimum absolute atomic E-state index is 0.0399. The van der Waals surface area contributed by atoms with E-state index in [4.69, 9.17) is 0 Å². The molecule has 1 aliphatic heterocycles. The van der Waals surface area contributed by atoms with Gasteiger partial charge in [0.05, 0.1) is 5.56 Å². The fourth-order valence-corrected chi connectivity index (χ4v) is 1.95. The van der Waals surface area contributed by atoms with Crippen molar-refractivity contribution in [2.45, 2.75) is 19.3 Å². The zero-order chi connectivity index (χ0) is 11.5. The van der Waals surface area contributed by atoms with Crippen LogP contribution in [-0.2, 0) is 0 Å². The first kappa shape index (κ1) is 10.9. The van der Waals surface area contributed by atoms with E-state index in [9.17, 15) is 14.3 Å². The minimum Gasteiger partial charge on any atom is -0.505 e. The van der Waals surface area contributed by atoms with Gasteiger partial charge in [0, 0.05) is 13.1 Å². The van der Waals surface area contributed by atoms with Gasteiger partial charge in [-0.3, -0.25) is 4.79 Å². The lowest BCUT2D eigenvalue weighted by Gasteiger charge is -2.26. The second-order valence-corrected chi connectivity index (χ2v) is 3.99. The van der Waals surface area contributed by atoms with Gasteiger partial charge in [-0.15, -0.1) is 0 Å². The molecule has 1 aliphatic rings. The van der Waals surface area contributed by atoms with Gasteiger partial charge in [0.15, 0.2) is 11.6 Å². The Labute approximate surface area is 93.5 Å².